The molecule has 0 unspecified atom stereocenters. The number of nitrogens with one attached hydrogen (secondary N) is 2. The van der Waals surface area contributed by atoms with Crippen molar-refractivity contribution in [2.24, 2.45) is 4.99 Å². The predicted octanol–water partition coefficient (Wildman–Crippen LogP) is 4.01. The second kappa shape index (κ2) is 9.17. The second-order valence-corrected chi connectivity index (χ2v) is 6.68. The van der Waals surface area contributed by atoms with E-state index in [0.29, 0.717) is 25.4 Å². The fourth-order valence-electron chi connectivity index (χ4n) is 2.90. The van der Waals surface area contributed by atoms with Crippen molar-refractivity contribution in [1.82, 2.24) is 15.6 Å². The first kappa shape index (κ1) is 19.6. The van der Waals surface area contributed by atoms with Crippen LogP contribution in [0.3, 0.4) is 0 Å². The van der Waals surface area contributed by atoms with E-state index in [2.05, 4.69) is 52.7 Å². The summed E-state index contributed by atoms with van der Waals surface area (Å²) in [6.45, 7) is 5.59. The van der Waals surface area contributed by atoms with Crippen LogP contribution in [0.2, 0.25) is 0 Å². The maximum absolute atomic E-state index is 13.0. The van der Waals surface area contributed by atoms with Crippen molar-refractivity contribution in [2.75, 3.05) is 13.6 Å². The van der Waals surface area contributed by atoms with Crippen LogP contribution >= 0.6 is 0 Å². The highest BCUT2D eigenvalue weighted by Gasteiger charge is 2.07. The Morgan fingerprint density at radius 3 is 2.61 bits per heavy atom. The second-order valence-electron chi connectivity index (χ2n) is 6.68. The summed E-state index contributed by atoms with van der Waals surface area (Å²) in [6.07, 6.45) is 2.32. The number of hydrogen-bond acceptors (Lipinski definition) is 3. The SMILES string of the molecule is CN=C(NCCc1coc(-c2ccc(F)cc2)n1)NCc1ccc(C)cc1C. The van der Waals surface area contributed by atoms with E-state index in [-0.39, 0.29) is 5.82 Å². The lowest BCUT2D eigenvalue weighted by Gasteiger charge is -2.13. The third kappa shape index (κ3) is 5.19. The third-order valence-electron chi connectivity index (χ3n) is 4.48. The number of rotatable bonds is 6. The molecule has 146 valence electrons. The van der Waals surface area contributed by atoms with Gasteiger partial charge in [-0.1, -0.05) is 23.8 Å². The van der Waals surface area contributed by atoms with Crippen molar-refractivity contribution < 1.29 is 8.81 Å². The van der Waals surface area contributed by atoms with Crippen LogP contribution in [0.1, 0.15) is 22.4 Å². The van der Waals surface area contributed by atoms with Crippen LogP contribution in [0, 0.1) is 19.7 Å². The molecule has 0 aliphatic rings. The molecule has 0 spiro atoms. The maximum atomic E-state index is 13.0. The van der Waals surface area contributed by atoms with Gasteiger partial charge in [0.25, 0.3) is 0 Å². The molecule has 3 rings (SSSR count). The molecule has 0 aliphatic carbocycles. The third-order valence-corrected chi connectivity index (χ3v) is 4.48. The molecule has 0 atom stereocenters. The van der Waals surface area contributed by atoms with Crippen LogP contribution in [-0.2, 0) is 13.0 Å². The van der Waals surface area contributed by atoms with Gasteiger partial charge in [-0.15, -0.1) is 0 Å². The molecular formula is C22H25FN4O. The van der Waals surface area contributed by atoms with Crippen LogP contribution in [0.5, 0.6) is 0 Å². The Hall–Kier alpha value is -3.15. The Morgan fingerprint density at radius 1 is 1.11 bits per heavy atom. The number of guanidine groups is 1. The van der Waals surface area contributed by atoms with Crippen molar-refractivity contribution in [2.45, 2.75) is 26.8 Å². The van der Waals surface area contributed by atoms with Crippen molar-refractivity contribution in [3.05, 3.63) is 76.9 Å². The molecule has 0 radical (unpaired) electrons. The van der Waals surface area contributed by atoms with E-state index in [4.69, 9.17) is 4.42 Å². The van der Waals surface area contributed by atoms with Gasteiger partial charge in [0, 0.05) is 32.1 Å². The topological polar surface area (TPSA) is 62.5 Å². The molecule has 0 saturated carbocycles. The van der Waals surface area contributed by atoms with Crippen LogP contribution in [0.4, 0.5) is 4.39 Å². The Balaban J connectivity index is 1.49. The van der Waals surface area contributed by atoms with Gasteiger partial charge < -0.3 is 15.1 Å². The van der Waals surface area contributed by atoms with Crippen molar-refractivity contribution in [3.63, 3.8) is 0 Å². The molecule has 6 heteroatoms. The molecule has 2 aromatic carbocycles. The Labute approximate surface area is 164 Å². The molecule has 0 bridgehead atoms. The van der Waals surface area contributed by atoms with Gasteiger partial charge in [0.2, 0.25) is 5.89 Å². The number of oxazole rings is 1. The number of nitrogens with zero attached hydrogens (tertiary/aromatic N) is 2. The van der Waals surface area contributed by atoms with E-state index in [9.17, 15) is 4.39 Å². The smallest absolute Gasteiger partial charge is 0.226 e. The van der Waals surface area contributed by atoms with E-state index in [1.165, 1.54) is 28.8 Å². The molecule has 0 amide bonds. The van der Waals surface area contributed by atoms with Gasteiger partial charge in [-0.2, -0.15) is 0 Å². The Morgan fingerprint density at radius 2 is 1.89 bits per heavy atom. The molecule has 28 heavy (non-hydrogen) atoms. The van der Waals surface area contributed by atoms with Gasteiger partial charge in [-0.25, -0.2) is 9.37 Å². The Bertz CT molecular complexity index is 947. The fourth-order valence-corrected chi connectivity index (χ4v) is 2.90. The number of halogens is 1. The van der Waals surface area contributed by atoms with Crippen molar-refractivity contribution >= 4 is 5.96 Å². The lowest BCUT2D eigenvalue weighted by molar-refractivity contribution is 0.571. The summed E-state index contributed by atoms with van der Waals surface area (Å²) in [4.78, 5) is 8.71. The highest BCUT2D eigenvalue weighted by atomic mass is 19.1. The van der Waals surface area contributed by atoms with Gasteiger partial charge in [0.15, 0.2) is 5.96 Å². The standard InChI is InChI=1S/C22H25FN4O/c1-15-4-5-18(16(2)12-15)13-26-22(24-3)25-11-10-20-14-28-21(27-20)17-6-8-19(23)9-7-17/h4-9,12,14H,10-11,13H2,1-3H3,(H2,24,25,26). The lowest BCUT2D eigenvalue weighted by atomic mass is 10.1. The minimum Gasteiger partial charge on any atom is -0.444 e. The molecule has 0 fully saturated rings. The minimum absolute atomic E-state index is 0.278. The van der Waals surface area contributed by atoms with E-state index in [0.717, 1.165) is 17.2 Å². The van der Waals surface area contributed by atoms with E-state index >= 15 is 0 Å². The highest BCUT2D eigenvalue weighted by Crippen LogP contribution is 2.19. The molecule has 1 aromatic heterocycles. The molecule has 5 nitrogen and oxygen atoms in total. The number of benzene rings is 2. The quantitative estimate of drug-likeness (QED) is 0.501. The number of aryl methyl sites for hydroxylation is 2. The first-order valence-electron chi connectivity index (χ1n) is 9.26. The zero-order valence-corrected chi connectivity index (χ0v) is 16.4. The number of aliphatic imine (C=N–C) groups is 1. The van der Waals surface area contributed by atoms with Gasteiger partial charge in [-0.05, 0) is 49.2 Å². The fraction of sp³-hybridized carbons (Fsp3) is 0.273. The van der Waals surface area contributed by atoms with Crippen LogP contribution in [0.15, 0.2) is 58.1 Å². The molecule has 2 N–H and O–H groups in total. The zero-order valence-electron chi connectivity index (χ0n) is 16.4. The summed E-state index contributed by atoms with van der Waals surface area (Å²) in [5.74, 6) is 0.953. The monoisotopic (exact) mass is 380 g/mol. The summed E-state index contributed by atoms with van der Waals surface area (Å²) in [5, 5.41) is 6.61. The lowest BCUT2D eigenvalue weighted by Crippen LogP contribution is -2.38. The summed E-state index contributed by atoms with van der Waals surface area (Å²) >= 11 is 0. The van der Waals surface area contributed by atoms with Crippen molar-refractivity contribution in [1.29, 1.82) is 0 Å². The van der Waals surface area contributed by atoms with Crippen LogP contribution < -0.4 is 10.6 Å². The van der Waals surface area contributed by atoms with Crippen LogP contribution in [-0.4, -0.2) is 24.5 Å². The summed E-state index contributed by atoms with van der Waals surface area (Å²) in [6, 6.07) is 12.5. The molecule has 0 saturated heterocycles. The predicted molar refractivity (Wildman–Crippen MR) is 110 cm³/mol. The summed E-state index contributed by atoms with van der Waals surface area (Å²) < 4.78 is 18.5. The zero-order chi connectivity index (χ0) is 19.9. The molecule has 1 heterocycles. The first-order valence-corrected chi connectivity index (χ1v) is 9.26. The molecular weight excluding hydrogens is 355 g/mol. The van der Waals surface area contributed by atoms with E-state index < -0.39 is 0 Å². The van der Waals surface area contributed by atoms with Gasteiger partial charge in [0.1, 0.15) is 12.1 Å². The average Bonchev–Trinajstić information content (AvgIpc) is 3.15. The summed E-state index contributed by atoms with van der Waals surface area (Å²) in [5.41, 5.74) is 5.35. The number of aromatic nitrogens is 1. The Kier molecular flexibility index (Phi) is 6.42. The van der Waals surface area contributed by atoms with Gasteiger partial charge in [0.05, 0.1) is 5.69 Å². The van der Waals surface area contributed by atoms with Gasteiger partial charge >= 0.3 is 0 Å². The maximum Gasteiger partial charge on any atom is 0.226 e. The number of hydrogen-bond donors (Lipinski definition) is 2. The van der Waals surface area contributed by atoms with Crippen LogP contribution in [0.25, 0.3) is 11.5 Å². The first-order chi connectivity index (χ1) is 13.5. The van der Waals surface area contributed by atoms with Gasteiger partial charge in [-0.3, -0.25) is 4.99 Å². The largest absolute Gasteiger partial charge is 0.444 e. The van der Waals surface area contributed by atoms with E-state index in [1.807, 2.05) is 0 Å². The molecule has 0 aliphatic heterocycles. The average molecular weight is 380 g/mol. The van der Waals surface area contributed by atoms with Crippen molar-refractivity contribution in [3.8, 4) is 11.5 Å². The molecule has 3 aromatic rings. The minimum atomic E-state index is -0.278. The normalized spacial score (nSPS) is 11.5. The summed E-state index contributed by atoms with van der Waals surface area (Å²) in [7, 11) is 1.75. The highest BCUT2D eigenvalue weighted by molar-refractivity contribution is 5.79. The van der Waals surface area contributed by atoms with E-state index in [1.54, 1.807) is 25.4 Å².